The van der Waals surface area contributed by atoms with E-state index in [0.717, 1.165) is 11.3 Å². The predicted molar refractivity (Wildman–Crippen MR) is 48.5 cm³/mol. The van der Waals surface area contributed by atoms with E-state index in [1.165, 1.54) is 51.4 Å². The molecule has 0 unspecified atom stereocenters. The van der Waals surface area contributed by atoms with Crippen LogP contribution in [0.2, 0.25) is 0 Å². The van der Waals surface area contributed by atoms with Crippen LogP contribution in [0.3, 0.4) is 0 Å². The zero-order valence-electron chi connectivity index (χ0n) is 7.73. The number of hydrogen-bond acceptors (Lipinski definition) is 0. The largest absolute Gasteiger partial charge is 0.0594 e. The first kappa shape index (κ1) is 7.64. The van der Waals surface area contributed by atoms with Gasteiger partial charge in [0, 0.05) is 0 Å². The van der Waals surface area contributed by atoms with Crippen LogP contribution in [0, 0.1) is 11.3 Å². The minimum Gasteiger partial charge on any atom is -0.0594 e. The monoisotopic (exact) mass is 152 g/mol. The molecular formula is C11H20. The summed E-state index contributed by atoms with van der Waals surface area (Å²) in [5.74, 6) is 1.10. The first-order valence-corrected chi connectivity index (χ1v) is 5.31. The van der Waals surface area contributed by atoms with Crippen molar-refractivity contribution in [2.24, 2.45) is 11.3 Å². The first-order valence-electron chi connectivity index (χ1n) is 5.31. The van der Waals surface area contributed by atoms with Crippen molar-refractivity contribution in [1.82, 2.24) is 0 Å². The molecule has 0 saturated heterocycles. The lowest BCUT2D eigenvalue weighted by atomic mass is 9.61. The topological polar surface area (TPSA) is 0 Å². The van der Waals surface area contributed by atoms with Crippen LogP contribution in [0.1, 0.15) is 58.3 Å². The lowest BCUT2D eigenvalue weighted by Crippen LogP contribution is -2.33. The standard InChI is InChI=1S/C11H20/c1-11-8-4-2-6-10(11)7-3-5-9-11/h10H,2-9H2,1H3/t10-,11-. The molecule has 0 atom stereocenters. The Labute approximate surface area is 70.4 Å². The first-order chi connectivity index (χ1) is 5.31. The van der Waals surface area contributed by atoms with E-state index in [2.05, 4.69) is 6.92 Å². The lowest BCUT2D eigenvalue weighted by Gasteiger charge is -2.45. The van der Waals surface area contributed by atoms with E-state index in [4.69, 9.17) is 0 Å². The van der Waals surface area contributed by atoms with Crippen LogP contribution in [0.5, 0.6) is 0 Å². The number of fused-ring (bicyclic) bond motifs is 1. The van der Waals surface area contributed by atoms with Gasteiger partial charge in [-0.1, -0.05) is 32.6 Å². The van der Waals surface area contributed by atoms with Gasteiger partial charge in [0.15, 0.2) is 0 Å². The Morgan fingerprint density at radius 2 is 1.45 bits per heavy atom. The Morgan fingerprint density at radius 3 is 1.91 bits per heavy atom. The van der Waals surface area contributed by atoms with E-state index in [0.29, 0.717) is 0 Å². The van der Waals surface area contributed by atoms with Gasteiger partial charge in [-0.15, -0.1) is 0 Å². The van der Waals surface area contributed by atoms with Gasteiger partial charge in [-0.3, -0.25) is 0 Å². The zero-order valence-corrected chi connectivity index (χ0v) is 7.73. The van der Waals surface area contributed by atoms with Gasteiger partial charge in [0.25, 0.3) is 0 Å². The van der Waals surface area contributed by atoms with Crippen molar-refractivity contribution in [2.45, 2.75) is 58.3 Å². The third kappa shape index (κ3) is 1.32. The van der Waals surface area contributed by atoms with Crippen molar-refractivity contribution in [3.63, 3.8) is 0 Å². The van der Waals surface area contributed by atoms with Crippen LogP contribution in [0.25, 0.3) is 0 Å². The van der Waals surface area contributed by atoms with Gasteiger partial charge in [-0.25, -0.2) is 0 Å². The maximum absolute atomic E-state index is 2.54. The average Bonchev–Trinajstić information content (AvgIpc) is 2.03. The van der Waals surface area contributed by atoms with Gasteiger partial charge in [0.1, 0.15) is 0 Å². The van der Waals surface area contributed by atoms with E-state index >= 15 is 0 Å². The van der Waals surface area contributed by atoms with E-state index in [1.807, 2.05) is 0 Å². The third-order valence-electron chi connectivity index (χ3n) is 4.09. The van der Waals surface area contributed by atoms with Crippen LogP contribution >= 0.6 is 0 Å². The van der Waals surface area contributed by atoms with Crippen LogP contribution in [-0.2, 0) is 0 Å². The normalized spacial score (nSPS) is 45.0. The van der Waals surface area contributed by atoms with Gasteiger partial charge in [-0.05, 0) is 37.0 Å². The van der Waals surface area contributed by atoms with Gasteiger partial charge >= 0.3 is 0 Å². The van der Waals surface area contributed by atoms with Crippen molar-refractivity contribution in [3.8, 4) is 0 Å². The van der Waals surface area contributed by atoms with Crippen LogP contribution in [0.15, 0.2) is 0 Å². The molecule has 0 radical (unpaired) electrons. The highest BCUT2D eigenvalue weighted by Crippen LogP contribution is 2.49. The third-order valence-corrected chi connectivity index (χ3v) is 4.09. The highest BCUT2D eigenvalue weighted by atomic mass is 14.4. The fourth-order valence-electron chi connectivity index (χ4n) is 3.21. The quantitative estimate of drug-likeness (QED) is 0.496. The van der Waals surface area contributed by atoms with Gasteiger partial charge in [0.05, 0.1) is 0 Å². The highest BCUT2D eigenvalue weighted by Gasteiger charge is 2.37. The molecule has 0 nitrogen and oxygen atoms in total. The molecule has 64 valence electrons. The molecule has 0 N–H and O–H groups in total. The molecule has 2 saturated carbocycles. The molecule has 0 aliphatic heterocycles. The molecule has 0 amide bonds. The molecule has 0 aromatic rings. The second kappa shape index (κ2) is 2.80. The van der Waals surface area contributed by atoms with Crippen LogP contribution in [0.4, 0.5) is 0 Å². The molecule has 0 heterocycles. The van der Waals surface area contributed by atoms with Crippen molar-refractivity contribution in [3.05, 3.63) is 0 Å². The van der Waals surface area contributed by atoms with E-state index in [9.17, 15) is 0 Å². The van der Waals surface area contributed by atoms with Crippen molar-refractivity contribution >= 4 is 0 Å². The summed E-state index contributed by atoms with van der Waals surface area (Å²) in [5, 5.41) is 0. The minimum atomic E-state index is 0.774. The Morgan fingerprint density at radius 1 is 0.909 bits per heavy atom. The number of hydrogen-bond donors (Lipinski definition) is 0. The fraction of sp³-hybridized carbons (Fsp3) is 1.00. The smallest absolute Gasteiger partial charge is 0.0298 e. The molecule has 2 aliphatic rings. The molecule has 2 fully saturated rings. The van der Waals surface area contributed by atoms with Crippen LogP contribution in [-0.4, -0.2) is 0 Å². The van der Waals surface area contributed by atoms with Gasteiger partial charge in [0.2, 0.25) is 0 Å². The Bertz CT molecular complexity index is 125. The summed E-state index contributed by atoms with van der Waals surface area (Å²) in [6.07, 6.45) is 12.2. The maximum Gasteiger partial charge on any atom is -0.0298 e. The Hall–Kier alpha value is 0. The molecule has 2 aliphatic carbocycles. The SMILES string of the molecule is C[C@]12CCCC[C@@H]1CCCC2. The Balaban J connectivity index is 2.06. The second-order valence-corrected chi connectivity index (χ2v) is 4.84. The molecule has 11 heavy (non-hydrogen) atoms. The molecule has 0 heteroatoms. The summed E-state index contributed by atoms with van der Waals surface area (Å²) in [5.41, 5.74) is 0.774. The van der Waals surface area contributed by atoms with E-state index < -0.39 is 0 Å². The highest BCUT2D eigenvalue weighted by molar-refractivity contribution is 4.88. The van der Waals surface area contributed by atoms with E-state index in [-0.39, 0.29) is 0 Å². The number of rotatable bonds is 0. The molecule has 2 rings (SSSR count). The maximum atomic E-state index is 2.54. The summed E-state index contributed by atoms with van der Waals surface area (Å²) in [6, 6.07) is 0. The van der Waals surface area contributed by atoms with Crippen LogP contribution < -0.4 is 0 Å². The molecule has 0 spiro atoms. The molecule has 0 aromatic carbocycles. The second-order valence-electron chi connectivity index (χ2n) is 4.84. The minimum absolute atomic E-state index is 0.774. The van der Waals surface area contributed by atoms with Crippen molar-refractivity contribution < 1.29 is 0 Å². The molecule has 0 aromatic heterocycles. The average molecular weight is 152 g/mol. The summed E-state index contributed by atoms with van der Waals surface area (Å²) < 4.78 is 0. The van der Waals surface area contributed by atoms with Gasteiger partial charge < -0.3 is 0 Å². The summed E-state index contributed by atoms with van der Waals surface area (Å²) in [4.78, 5) is 0. The molecular weight excluding hydrogens is 132 g/mol. The zero-order chi connectivity index (χ0) is 7.73. The van der Waals surface area contributed by atoms with Gasteiger partial charge in [-0.2, -0.15) is 0 Å². The lowest BCUT2D eigenvalue weighted by molar-refractivity contribution is 0.0647. The summed E-state index contributed by atoms with van der Waals surface area (Å²) in [7, 11) is 0. The summed E-state index contributed by atoms with van der Waals surface area (Å²) in [6.45, 7) is 2.54. The molecule has 0 bridgehead atoms. The van der Waals surface area contributed by atoms with E-state index in [1.54, 1.807) is 0 Å². The predicted octanol–water partition coefficient (Wildman–Crippen LogP) is 3.76. The fourth-order valence-corrected chi connectivity index (χ4v) is 3.21. The Kier molecular flexibility index (Phi) is 1.95. The van der Waals surface area contributed by atoms with Crippen molar-refractivity contribution in [1.29, 1.82) is 0 Å². The summed E-state index contributed by atoms with van der Waals surface area (Å²) >= 11 is 0. The van der Waals surface area contributed by atoms with Crippen molar-refractivity contribution in [2.75, 3.05) is 0 Å².